The van der Waals surface area contributed by atoms with Gasteiger partial charge in [0.2, 0.25) is 0 Å². The molecule has 2 aromatic rings. The van der Waals surface area contributed by atoms with Crippen molar-refractivity contribution in [2.45, 2.75) is 13.0 Å². The van der Waals surface area contributed by atoms with Crippen LogP contribution in [-0.4, -0.2) is 4.98 Å². The van der Waals surface area contributed by atoms with Gasteiger partial charge >= 0.3 is 0 Å². The molecule has 0 fully saturated rings. The molecule has 1 aromatic carbocycles. The van der Waals surface area contributed by atoms with Crippen molar-refractivity contribution in [2.75, 3.05) is 0 Å². The zero-order valence-corrected chi connectivity index (χ0v) is 9.82. The molecule has 3 N–H and O–H groups in total. The Hall–Kier alpha value is -1.85. The Morgan fingerprint density at radius 2 is 1.94 bits per heavy atom. The lowest BCUT2D eigenvalue weighted by Crippen LogP contribution is -2.29. The van der Waals surface area contributed by atoms with Gasteiger partial charge in [-0.15, -0.1) is 0 Å². The molecule has 18 heavy (non-hydrogen) atoms. The van der Waals surface area contributed by atoms with Crippen molar-refractivity contribution < 1.29 is 8.78 Å². The van der Waals surface area contributed by atoms with Crippen molar-refractivity contribution in [3.63, 3.8) is 0 Å². The number of rotatable bonds is 3. The molecule has 0 saturated carbocycles. The molecule has 0 saturated heterocycles. The summed E-state index contributed by atoms with van der Waals surface area (Å²) >= 11 is 0. The van der Waals surface area contributed by atoms with Gasteiger partial charge in [-0.1, -0.05) is 6.07 Å². The van der Waals surface area contributed by atoms with E-state index in [0.29, 0.717) is 11.3 Å². The second kappa shape index (κ2) is 5.20. The first-order valence-corrected chi connectivity index (χ1v) is 5.45. The lowest BCUT2D eigenvalue weighted by molar-refractivity contribution is 0.503. The first-order chi connectivity index (χ1) is 8.61. The van der Waals surface area contributed by atoms with Gasteiger partial charge in [0.1, 0.15) is 0 Å². The van der Waals surface area contributed by atoms with Crippen molar-refractivity contribution in [1.82, 2.24) is 10.4 Å². The van der Waals surface area contributed by atoms with Crippen LogP contribution in [-0.2, 0) is 0 Å². The molecular weight excluding hydrogens is 236 g/mol. The summed E-state index contributed by atoms with van der Waals surface area (Å²) in [6, 6.07) is 6.88. The highest BCUT2D eigenvalue weighted by atomic mass is 19.2. The second-order valence-corrected chi connectivity index (χ2v) is 4.03. The normalized spacial score (nSPS) is 12.4. The first-order valence-electron chi connectivity index (χ1n) is 5.45. The van der Waals surface area contributed by atoms with Gasteiger partial charge in [-0.05, 0) is 42.3 Å². The standard InChI is InChI=1S/C13H13F2N3/c1-8-4-5-17-12(6-8)13(18-16)9-2-3-10(14)11(15)7-9/h2-7,13,18H,16H2,1H3. The second-order valence-electron chi connectivity index (χ2n) is 4.03. The molecule has 1 atom stereocenters. The Morgan fingerprint density at radius 1 is 1.17 bits per heavy atom. The summed E-state index contributed by atoms with van der Waals surface area (Å²) in [5.41, 5.74) is 4.75. The summed E-state index contributed by atoms with van der Waals surface area (Å²) in [5, 5.41) is 0. The van der Waals surface area contributed by atoms with E-state index in [9.17, 15) is 8.78 Å². The predicted octanol–water partition coefficient (Wildman–Crippen LogP) is 2.22. The van der Waals surface area contributed by atoms with Crippen LogP contribution in [0.5, 0.6) is 0 Å². The maximum Gasteiger partial charge on any atom is 0.159 e. The molecular formula is C13H13F2N3. The number of hydrazine groups is 1. The largest absolute Gasteiger partial charge is 0.271 e. The molecule has 0 spiro atoms. The van der Waals surface area contributed by atoms with Crippen LogP contribution >= 0.6 is 0 Å². The Morgan fingerprint density at radius 3 is 2.56 bits per heavy atom. The molecule has 0 radical (unpaired) electrons. The fourth-order valence-electron chi connectivity index (χ4n) is 1.76. The minimum Gasteiger partial charge on any atom is -0.271 e. The third kappa shape index (κ3) is 2.52. The summed E-state index contributed by atoms with van der Waals surface area (Å²) in [4.78, 5) is 4.18. The van der Waals surface area contributed by atoms with Gasteiger partial charge in [0.15, 0.2) is 11.6 Å². The quantitative estimate of drug-likeness (QED) is 0.647. The van der Waals surface area contributed by atoms with Crippen LogP contribution in [0.15, 0.2) is 36.5 Å². The lowest BCUT2D eigenvalue weighted by Gasteiger charge is -2.16. The number of hydrogen-bond donors (Lipinski definition) is 2. The van der Waals surface area contributed by atoms with E-state index in [1.165, 1.54) is 6.07 Å². The lowest BCUT2D eigenvalue weighted by atomic mass is 10.0. The number of hydrogen-bond acceptors (Lipinski definition) is 3. The molecule has 2 rings (SSSR count). The summed E-state index contributed by atoms with van der Waals surface area (Å²) < 4.78 is 26.1. The molecule has 3 nitrogen and oxygen atoms in total. The minimum absolute atomic E-state index is 0.472. The van der Waals surface area contributed by atoms with Crippen molar-refractivity contribution >= 4 is 0 Å². The van der Waals surface area contributed by atoms with Crippen LogP contribution < -0.4 is 11.3 Å². The van der Waals surface area contributed by atoms with Crippen molar-refractivity contribution in [3.05, 3.63) is 65.0 Å². The smallest absolute Gasteiger partial charge is 0.159 e. The SMILES string of the molecule is Cc1ccnc(C(NN)c2ccc(F)c(F)c2)c1. The molecule has 0 amide bonds. The number of aromatic nitrogens is 1. The van der Waals surface area contributed by atoms with Gasteiger partial charge in [0, 0.05) is 6.20 Å². The van der Waals surface area contributed by atoms with Crippen LogP contribution in [0.2, 0.25) is 0 Å². The molecule has 94 valence electrons. The highest BCUT2D eigenvalue weighted by molar-refractivity contribution is 5.30. The van der Waals surface area contributed by atoms with Crippen molar-refractivity contribution in [1.29, 1.82) is 0 Å². The van der Waals surface area contributed by atoms with E-state index in [-0.39, 0.29) is 0 Å². The molecule has 0 aliphatic rings. The van der Waals surface area contributed by atoms with Crippen LogP contribution in [0.25, 0.3) is 0 Å². The highest BCUT2D eigenvalue weighted by Crippen LogP contribution is 2.21. The van der Waals surface area contributed by atoms with Crippen molar-refractivity contribution in [3.8, 4) is 0 Å². The van der Waals surface area contributed by atoms with E-state index in [2.05, 4.69) is 10.4 Å². The van der Waals surface area contributed by atoms with Gasteiger partial charge < -0.3 is 0 Å². The Labute approximate surface area is 104 Å². The summed E-state index contributed by atoms with van der Waals surface area (Å²) in [6.45, 7) is 1.92. The van der Waals surface area contributed by atoms with E-state index in [4.69, 9.17) is 5.84 Å². The average Bonchev–Trinajstić information content (AvgIpc) is 2.35. The van der Waals surface area contributed by atoms with E-state index in [1.54, 1.807) is 6.20 Å². The van der Waals surface area contributed by atoms with Crippen molar-refractivity contribution in [2.24, 2.45) is 5.84 Å². The topological polar surface area (TPSA) is 50.9 Å². The number of pyridine rings is 1. The fraction of sp³-hybridized carbons (Fsp3) is 0.154. The number of nitrogens with two attached hydrogens (primary N) is 1. The Balaban J connectivity index is 2.42. The third-order valence-corrected chi connectivity index (χ3v) is 2.68. The molecule has 1 heterocycles. The van der Waals surface area contributed by atoms with Crippen LogP contribution in [0.3, 0.4) is 0 Å². The molecule has 0 aliphatic heterocycles. The van der Waals surface area contributed by atoms with E-state index < -0.39 is 17.7 Å². The summed E-state index contributed by atoms with van der Waals surface area (Å²) in [7, 11) is 0. The van der Waals surface area contributed by atoms with Crippen LogP contribution in [0.4, 0.5) is 8.78 Å². The molecule has 1 aromatic heterocycles. The Kier molecular flexibility index (Phi) is 3.64. The van der Waals surface area contributed by atoms with E-state index >= 15 is 0 Å². The summed E-state index contributed by atoms with van der Waals surface area (Å²) in [6.07, 6.45) is 1.65. The zero-order valence-electron chi connectivity index (χ0n) is 9.82. The maximum absolute atomic E-state index is 13.2. The molecule has 1 unspecified atom stereocenters. The van der Waals surface area contributed by atoms with Gasteiger partial charge in [-0.25, -0.2) is 14.2 Å². The monoisotopic (exact) mass is 249 g/mol. The van der Waals surface area contributed by atoms with Crippen LogP contribution in [0, 0.1) is 18.6 Å². The number of nitrogens with zero attached hydrogens (tertiary/aromatic N) is 1. The number of benzene rings is 1. The van der Waals surface area contributed by atoms with Gasteiger partial charge in [-0.2, -0.15) is 0 Å². The van der Waals surface area contributed by atoms with Crippen LogP contribution in [0.1, 0.15) is 22.9 Å². The van der Waals surface area contributed by atoms with Gasteiger partial charge in [-0.3, -0.25) is 10.8 Å². The summed E-state index contributed by atoms with van der Waals surface area (Å²) in [5.74, 6) is 3.68. The minimum atomic E-state index is -0.902. The van der Waals surface area contributed by atoms with E-state index in [0.717, 1.165) is 17.7 Å². The Bertz CT molecular complexity index is 558. The number of aryl methyl sites for hydroxylation is 1. The fourth-order valence-corrected chi connectivity index (χ4v) is 1.76. The molecule has 5 heteroatoms. The number of nitrogens with one attached hydrogen (secondary N) is 1. The number of halogens is 2. The average molecular weight is 249 g/mol. The zero-order chi connectivity index (χ0) is 13.1. The van der Waals surface area contributed by atoms with E-state index in [1.807, 2.05) is 19.1 Å². The predicted molar refractivity (Wildman–Crippen MR) is 64.5 cm³/mol. The molecule has 0 aliphatic carbocycles. The third-order valence-electron chi connectivity index (χ3n) is 2.68. The van der Waals surface area contributed by atoms with Gasteiger partial charge in [0.25, 0.3) is 0 Å². The maximum atomic E-state index is 13.2. The molecule has 0 bridgehead atoms. The first kappa shape index (κ1) is 12.6. The highest BCUT2D eigenvalue weighted by Gasteiger charge is 2.15. The van der Waals surface area contributed by atoms with Gasteiger partial charge in [0.05, 0.1) is 11.7 Å².